The number of carbonyl (C=O) groups excluding carboxylic acids is 1. The summed E-state index contributed by atoms with van der Waals surface area (Å²) in [5.74, 6) is 0. The quantitative estimate of drug-likeness (QED) is 0.0509. The number of rotatable bonds is 33. The molecule has 284 valence electrons. The summed E-state index contributed by atoms with van der Waals surface area (Å²) in [5.41, 5.74) is 0. The highest BCUT2D eigenvalue weighted by atomic mass is 16.6. The van der Waals surface area contributed by atoms with E-state index in [1.807, 2.05) is 4.90 Å². The largest absolute Gasteiger partial charge is 0.448 e. The Labute approximate surface area is 305 Å². The highest BCUT2D eigenvalue weighted by Crippen LogP contribution is 2.12. The average molecular weight is 684 g/mol. The van der Waals surface area contributed by atoms with E-state index in [2.05, 4.69) is 79.3 Å². The average Bonchev–Trinajstić information content (AvgIpc) is 3.11. The van der Waals surface area contributed by atoms with Crippen LogP contribution < -0.4 is 0 Å². The van der Waals surface area contributed by atoms with Gasteiger partial charge >= 0.3 is 6.09 Å². The van der Waals surface area contributed by atoms with Crippen LogP contribution in [0.1, 0.15) is 168 Å². The van der Waals surface area contributed by atoms with Crippen LogP contribution >= 0.6 is 0 Å². The van der Waals surface area contributed by atoms with Gasteiger partial charge < -0.3 is 14.5 Å². The summed E-state index contributed by atoms with van der Waals surface area (Å²) in [6.45, 7) is 11.9. The van der Waals surface area contributed by atoms with Gasteiger partial charge in [0.2, 0.25) is 0 Å². The van der Waals surface area contributed by atoms with Gasteiger partial charge in [-0.2, -0.15) is 0 Å². The van der Waals surface area contributed by atoms with Crippen molar-refractivity contribution in [3.05, 3.63) is 48.6 Å². The van der Waals surface area contributed by atoms with Gasteiger partial charge in [0.15, 0.2) is 0 Å². The molecule has 5 nitrogen and oxygen atoms in total. The van der Waals surface area contributed by atoms with Crippen LogP contribution in [0.2, 0.25) is 0 Å². The maximum Gasteiger partial charge on any atom is 0.409 e. The van der Waals surface area contributed by atoms with Crippen molar-refractivity contribution in [1.82, 2.24) is 14.7 Å². The number of unbranched alkanes of at least 4 members (excludes halogenated alkanes) is 18. The lowest BCUT2D eigenvalue weighted by Crippen LogP contribution is -2.46. The van der Waals surface area contributed by atoms with Crippen LogP contribution in [0, 0.1) is 0 Å². The maximum atomic E-state index is 13.1. The van der Waals surface area contributed by atoms with Crippen LogP contribution in [0.25, 0.3) is 0 Å². The van der Waals surface area contributed by atoms with E-state index in [0.29, 0.717) is 6.61 Å². The van der Waals surface area contributed by atoms with Gasteiger partial charge in [-0.05, 0) is 84.1 Å². The highest BCUT2D eigenvalue weighted by Gasteiger charge is 2.17. The molecule has 1 aliphatic rings. The van der Waals surface area contributed by atoms with Gasteiger partial charge in [-0.25, -0.2) is 4.79 Å². The molecule has 0 aromatic carbocycles. The van der Waals surface area contributed by atoms with E-state index >= 15 is 0 Å². The fourth-order valence-corrected chi connectivity index (χ4v) is 6.30. The van der Waals surface area contributed by atoms with Crippen LogP contribution in [0.3, 0.4) is 0 Å². The van der Waals surface area contributed by atoms with Crippen molar-refractivity contribution in [1.29, 1.82) is 0 Å². The van der Waals surface area contributed by atoms with Crippen molar-refractivity contribution < 1.29 is 9.53 Å². The Kier molecular flexibility index (Phi) is 33.1. The SMILES string of the molecule is CCCCC/C=C\C/C=C\CCCCCCCCN(CCCCCCCC/C=C\C/C=C\CCCCC)C(=O)OCCN1CCN(C)CC1. The summed E-state index contributed by atoms with van der Waals surface area (Å²) < 4.78 is 5.80. The molecule has 0 atom stereocenters. The van der Waals surface area contributed by atoms with Crippen LogP contribution in [0.4, 0.5) is 4.79 Å². The van der Waals surface area contributed by atoms with Crippen molar-refractivity contribution in [3.63, 3.8) is 0 Å². The Bertz CT molecular complexity index is 780. The van der Waals surface area contributed by atoms with Gasteiger partial charge in [0.05, 0.1) is 0 Å². The summed E-state index contributed by atoms with van der Waals surface area (Å²) in [7, 11) is 2.18. The van der Waals surface area contributed by atoms with E-state index < -0.39 is 0 Å². The normalized spacial score (nSPS) is 14.8. The smallest absolute Gasteiger partial charge is 0.409 e. The lowest BCUT2D eigenvalue weighted by atomic mass is 10.1. The molecule has 0 saturated carbocycles. The third-order valence-electron chi connectivity index (χ3n) is 9.74. The molecule has 5 heteroatoms. The van der Waals surface area contributed by atoms with Crippen molar-refractivity contribution in [3.8, 4) is 0 Å². The molecule has 0 bridgehead atoms. The molecule has 0 aromatic heterocycles. The van der Waals surface area contributed by atoms with Crippen molar-refractivity contribution >= 4 is 6.09 Å². The minimum atomic E-state index is -0.0979. The third-order valence-corrected chi connectivity index (χ3v) is 9.74. The Morgan fingerprint density at radius 2 is 0.918 bits per heavy atom. The fraction of sp³-hybridized carbons (Fsp3) is 0.795. The summed E-state index contributed by atoms with van der Waals surface area (Å²) in [6.07, 6.45) is 48.4. The van der Waals surface area contributed by atoms with Crippen LogP contribution in [0.15, 0.2) is 48.6 Å². The van der Waals surface area contributed by atoms with Gasteiger partial charge in [0.25, 0.3) is 0 Å². The van der Waals surface area contributed by atoms with Crippen LogP contribution in [-0.4, -0.2) is 80.3 Å². The molecule has 0 aliphatic carbocycles. The lowest BCUT2D eigenvalue weighted by Gasteiger charge is -2.32. The molecule has 1 aliphatic heterocycles. The Morgan fingerprint density at radius 3 is 1.35 bits per heavy atom. The van der Waals surface area contributed by atoms with E-state index in [9.17, 15) is 4.79 Å². The first-order valence-corrected chi connectivity index (χ1v) is 21.1. The zero-order valence-corrected chi connectivity index (χ0v) is 32.9. The van der Waals surface area contributed by atoms with Crippen LogP contribution in [-0.2, 0) is 4.74 Å². The second-order valence-electron chi connectivity index (χ2n) is 14.4. The van der Waals surface area contributed by atoms with Gasteiger partial charge in [-0.1, -0.05) is 140 Å². The number of ether oxygens (including phenoxy) is 1. The minimum absolute atomic E-state index is 0.0979. The van der Waals surface area contributed by atoms with Crippen molar-refractivity contribution in [2.75, 3.05) is 59.5 Å². The predicted octanol–water partition coefficient (Wildman–Crippen LogP) is 12.3. The molecule has 0 radical (unpaired) electrons. The van der Waals surface area contributed by atoms with Gasteiger partial charge in [-0.3, -0.25) is 4.90 Å². The van der Waals surface area contributed by atoms with Crippen molar-refractivity contribution in [2.45, 2.75) is 168 Å². The summed E-state index contributed by atoms with van der Waals surface area (Å²) in [4.78, 5) is 19.9. The molecule has 1 saturated heterocycles. The zero-order chi connectivity index (χ0) is 35.3. The predicted molar refractivity (Wildman–Crippen MR) is 216 cm³/mol. The summed E-state index contributed by atoms with van der Waals surface area (Å²) >= 11 is 0. The minimum Gasteiger partial charge on any atom is -0.448 e. The first-order valence-electron chi connectivity index (χ1n) is 21.1. The molecule has 1 heterocycles. The lowest BCUT2D eigenvalue weighted by molar-refractivity contribution is 0.0782. The number of nitrogens with zero attached hydrogens (tertiary/aromatic N) is 3. The molecular weight excluding hydrogens is 603 g/mol. The number of carbonyl (C=O) groups is 1. The monoisotopic (exact) mass is 684 g/mol. The summed E-state index contributed by atoms with van der Waals surface area (Å²) in [5, 5.41) is 0. The van der Waals surface area contributed by atoms with E-state index in [0.717, 1.165) is 71.5 Å². The standard InChI is InChI=1S/C44H81N3O2/c1-4-6-8-10-12-14-16-18-20-22-24-26-28-30-32-34-36-47(44(48)49-43-42-46-40-38-45(3)39-41-46)37-35-33-31-29-27-25-23-21-19-17-15-13-11-9-7-5-2/h12-15,18-21H,4-11,16-17,22-43H2,1-3H3/b14-12-,15-13-,20-18-,21-19-. The highest BCUT2D eigenvalue weighted by molar-refractivity contribution is 5.67. The maximum absolute atomic E-state index is 13.1. The number of allylic oxidation sites excluding steroid dienone is 8. The molecule has 1 fully saturated rings. The van der Waals surface area contributed by atoms with Crippen LogP contribution in [0.5, 0.6) is 0 Å². The van der Waals surface area contributed by atoms with E-state index in [-0.39, 0.29) is 6.09 Å². The number of hydrogen-bond acceptors (Lipinski definition) is 4. The van der Waals surface area contributed by atoms with Gasteiger partial charge in [0.1, 0.15) is 6.61 Å². The molecule has 0 unspecified atom stereocenters. The number of piperazine rings is 1. The van der Waals surface area contributed by atoms with E-state index in [4.69, 9.17) is 4.74 Å². The Hall–Kier alpha value is -1.85. The Morgan fingerprint density at radius 1 is 0.531 bits per heavy atom. The van der Waals surface area contributed by atoms with Gasteiger partial charge in [0, 0.05) is 45.8 Å². The van der Waals surface area contributed by atoms with E-state index in [1.165, 1.54) is 128 Å². The topological polar surface area (TPSA) is 36.0 Å². The third kappa shape index (κ3) is 30.7. The van der Waals surface area contributed by atoms with E-state index in [1.54, 1.807) is 0 Å². The molecule has 0 N–H and O–H groups in total. The van der Waals surface area contributed by atoms with Gasteiger partial charge in [-0.15, -0.1) is 0 Å². The molecule has 0 spiro atoms. The fourth-order valence-electron chi connectivity index (χ4n) is 6.30. The first-order chi connectivity index (χ1) is 24.2. The molecular formula is C44H81N3O2. The summed E-state index contributed by atoms with van der Waals surface area (Å²) in [6, 6.07) is 0. The van der Waals surface area contributed by atoms with Crippen molar-refractivity contribution in [2.24, 2.45) is 0 Å². The molecule has 49 heavy (non-hydrogen) atoms. The number of likely N-dealkylation sites (N-methyl/N-ethyl adjacent to an activating group) is 1. The molecule has 1 amide bonds. The molecule has 0 aromatic rings. The second kappa shape index (κ2) is 36.0. The first kappa shape index (κ1) is 45.2. The number of amides is 1. The molecule has 1 rings (SSSR count). The second-order valence-corrected chi connectivity index (χ2v) is 14.4. The Balaban J connectivity index is 2.20. The number of hydrogen-bond donors (Lipinski definition) is 0. The zero-order valence-electron chi connectivity index (χ0n) is 32.9.